The largest absolute Gasteiger partial charge is 0.308 e. The smallest absolute Gasteiger partial charge is 0.250 e. The minimum Gasteiger partial charge on any atom is -0.308 e. The highest BCUT2D eigenvalue weighted by molar-refractivity contribution is 6.02. The van der Waals surface area contributed by atoms with Gasteiger partial charge in [-0.1, -0.05) is 18.7 Å². The lowest BCUT2D eigenvalue weighted by molar-refractivity contribution is -0.114. The zero-order chi connectivity index (χ0) is 10.1. The van der Waals surface area contributed by atoms with Gasteiger partial charge in [-0.3, -0.25) is 4.79 Å². The van der Waals surface area contributed by atoms with Crippen molar-refractivity contribution >= 4 is 11.6 Å². The normalized spacial score (nSPS) is 13.9. The van der Waals surface area contributed by atoms with Crippen molar-refractivity contribution in [3.8, 4) is 0 Å². The number of hydrogen-bond donors (Lipinski definition) is 0. The lowest BCUT2D eigenvalue weighted by Crippen LogP contribution is -2.26. The molecule has 0 aliphatic carbocycles. The lowest BCUT2D eigenvalue weighted by Gasteiger charge is -2.15. The number of anilines is 1. The van der Waals surface area contributed by atoms with Gasteiger partial charge in [-0.2, -0.15) is 0 Å². The Labute approximate surface area is 83.8 Å². The second-order valence-corrected chi connectivity index (χ2v) is 3.58. The summed E-state index contributed by atoms with van der Waals surface area (Å²) >= 11 is 0. The molecule has 1 heterocycles. The van der Waals surface area contributed by atoms with Crippen LogP contribution in [0.15, 0.2) is 30.9 Å². The average molecular weight is 187 g/mol. The van der Waals surface area contributed by atoms with Gasteiger partial charge >= 0.3 is 0 Å². The summed E-state index contributed by atoms with van der Waals surface area (Å²) in [5, 5.41) is 0. The van der Waals surface area contributed by atoms with Crippen molar-refractivity contribution in [2.24, 2.45) is 0 Å². The van der Waals surface area contributed by atoms with Gasteiger partial charge in [-0.05, 0) is 36.6 Å². The third-order valence-corrected chi connectivity index (χ3v) is 2.58. The van der Waals surface area contributed by atoms with Crippen molar-refractivity contribution in [1.29, 1.82) is 0 Å². The summed E-state index contributed by atoms with van der Waals surface area (Å²) in [5.74, 6) is -0.00523. The maximum atomic E-state index is 11.5. The molecule has 0 unspecified atom stereocenters. The van der Waals surface area contributed by atoms with E-state index in [1.165, 1.54) is 17.2 Å². The molecule has 1 aromatic carbocycles. The minimum absolute atomic E-state index is 0.00523. The van der Waals surface area contributed by atoms with Crippen LogP contribution in [0.5, 0.6) is 0 Å². The first-order valence-corrected chi connectivity index (χ1v) is 4.76. The van der Waals surface area contributed by atoms with Gasteiger partial charge in [-0.25, -0.2) is 0 Å². The topological polar surface area (TPSA) is 20.3 Å². The second-order valence-electron chi connectivity index (χ2n) is 3.58. The third kappa shape index (κ3) is 1.33. The SMILES string of the molecule is C=CC(=O)N1CCc2ccc(C)cc21. The maximum Gasteiger partial charge on any atom is 0.250 e. The standard InChI is InChI=1S/C12H13NO/c1-3-12(14)13-7-6-10-5-4-9(2)8-11(10)13/h3-5,8H,1,6-7H2,2H3. The Balaban J connectivity index is 2.42. The fraction of sp³-hybridized carbons (Fsp3) is 0.250. The van der Waals surface area contributed by atoms with Crippen molar-refractivity contribution in [2.75, 3.05) is 11.4 Å². The van der Waals surface area contributed by atoms with E-state index in [1.807, 2.05) is 6.92 Å². The summed E-state index contributed by atoms with van der Waals surface area (Å²) in [6.45, 7) is 6.33. The zero-order valence-corrected chi connectivity index (χ0v) is 8.29. The summed E-state index contributed by atoms with van der Waals surface area (Å²) in [6, 6.07) is 6.24. The van der Waals surface area contributed by atoms with Gasteiger partial charge in [0.1, 0.15) is 0 Å². The molecule has 0 radical (unpaired) electrons. The van der Waals surface area contributed by atoms with Crippen molar-refractivity contribution in [2.45, 2.75) is 13.3 Å². The van der Waals surface area contributed by atoms with Crippen LogP contribution in [0.25, 0.3) is 0 Å². The Kier molecular flexibility index (Phi) is 2.12. The van der Waals surface area contributed by atoms with E-state index < -0.39 is 0 Å². The molecule has 0 bridgehead atoms. The molecular weight excluding hydrogens is 174 g/mol. The number of hydrogen-bond acceptors (Lipinski definition) is 1. The molecule has 0 fully saturated rings. The van der Waals surface area contributed by atoms with Crippen LogP contribution >= 0.6 is 0 Å². The predicted molar refractivity (Wildman–Crippen MR) is 57.4 cm³/mol. The van der Waals surface area contributed by atoms with E-state index in [0.29, 0.717) is 0 Å². The molecule has 2 rings (SSSR count). The van der Waals surface area contributed by atoms with Gasteiger partial charge in [0, 0.05) is 12.2 Å². The van der Waals surface area contributed by atoms with E-state index in [0.717, 1.165) is 18.7 Å². The Bertz CT molecular complexity index is 395. The molecule has 2 heteroatoms. The van der Waals surface area contributed by atoms with Crippen LogP contribution in [0.4, 0.5) is 5.69 Å². The van der Waals surface area contributed by atoms with Gasteiger partial charge in [0.05, 0.1) is 0 Å². The number of nitrogens with zero attached hydrogens (tertiary/aromatic N) is 1. The summed E-state index contributed by atoms with van der Waals surface area (Å²) < 4.78 is 0. The fourth-order valence-corrected chi connectivity index (χ4v) is 1.83. The molecule has 0 saturated carbocycles. The predicted octanol–water partition coefficient (Wildman–Crippen LogP) is 2.07. The zero-order valence-electron chi connectivity index (χ0n) is 8.29. The number of rotatable bonds is 1. The van der Waals surface area contributed by atoms with Crippen LogP contribution in [0, 0.1) is 6.92 Å². The third-order valence-electron chi connectivity index (χ3n) is 2.58. The average Bonchev–Trinajstić information content (AvgIpc) is 2.59. The van der Waals surface area contributed by atoms with Gasteiger partial charge < -0.3 is 4.90 Å². The highest BCUT2D eigenvalue weighted by atomic mass is 16.2. The van der Waals surface area contributed by atoms with Crippen molar-refractivity contribution in [3.63, 3.8) is 0 Å². The Morgan fingerprint density at radius 1 is 1.57 bits per heavy atom. The van der Waals surface area contributed by atoms with Gasteiger partial charge in [-0.15, -0.1) is 0 Å². The van der Waals surface area contributed by atoms with Crippen LogP contribution in [0.1, 0.15) is 11.1 Å². The van der Waals surface area contributed by atoms with Crippen molar-refractivity contribution < 1.29 is 4.79 Å². The van der Waals surface area contributed by atoms with E-state index in [2.05, 4.69) is 24.8 Å². The Morgan fingerprint density at radius 2 is 2.36 bits per heavy atom. The van der Waals surface area contributed by atoms with Crippen LogP contribution in [-0.2, 0) is 11.2 Å². The van der Waals surface area contributed by atoms with Crippen LogP contribution in [0.3, 0.4) is 0 Å². The van der Waals surface area contributed by atoms with Crippen LogP contribution in [0.2, 0.25) is 0 Å². The number of aryl methyl sites for hydroxylation is 1. The fourth-order valence-electron chi connectivity index (χ4n) is 1.83. The number of carbonyl (C=O) groups is 1. The molecule has 1 aliphatic heterocycles. The van der Waals surface area contributed by atoms with Crippen molar-refractivity contribution in [3.05, 3.63) is 42.0 Å². The van der Waals surface area contributed by atoms with Gasteiger partial charge in [0.15, 0.2) is 0 Å². The molecule has 1 amide bonds. The van der Waals surface area contributed by atoms with E-state index in [-0.39, 0.29) is 5.91 Å². The summed E-state index contributed by atoms with van der Waals surface area (Å²) in [4.78, 5) is 13.3. The molecule has 0 atom stereocenters. The van der Waals surface area contributed by atoms with Gasteiger partial charge in [0.2, 0.25) is 5.91 Å². The monoisotopic (exact) mass is 187 g/mol. The molecule has 1 aliphatic rings. The number of amides is 1. The van der Waals surface area contributed by atoms with Crippen LogP contribution < -0.4 is 4.90 Å². The Morgan fingerprint density at radius 3 is 3.07 bits per heavy atom. The summed E-state index contributed by atoms with van der Waals surface area (Å²) in [7, 11) is 0. The van der Waals surface area contributed by atoms with Crippen molar-refractivity contribution in [1.82, 2.24) is 0 Å². The molecule has 0 aromatic heterocycles. The first-order valence-electron chi connectivity index (χ1n) is 4.76. The molecule has 0 saturated heterocycles. The molecule has 0 N–H and O–H groups in total. The molecule has 2 nitrogen and oxygen atoms in total. The first kappa shape index (κ1) is 9.00. The van der Waals surface area contributed by atoms with E-state index in [9.17, 15) is 4.79 Å². The molecule has 72 valence electrons. The molecule has 0 spiro atoms. The molecular formula is C12H13NO. The molecule has 1 aromatic rings. The van der Waals surface area contributed by atoms with E-state index >= 15 is 0 Å². The Hall–Kier alpha value is -1.57. The minimum atomic E-state index is -0.00523. The number of benzene rings is 1. The van der Waals surface area contributed by atoms with E-state index in [4.69, 9.17) is 0 Å². The summed E-state index contributed by atoms with van der Waals surface area (Å²) in [6.07, 6.45) is 2.33. The second kappa shape index (κ2) is 3.29. The highest BCUT2D eigenvalue weighted by Crippen LogP contribution is 2.28. The number of fused-ring (bicyclic) bond motifs is 1. The quantitative estimate of drug-likeness (QED) is 0.616. The lowest BCUT2D eigenvalue weighted by atomic mass is 10.1. The first-order chi connectivity index (χ1) is 6.72. The highest BCUT2D eigenvalue weighted by Gasteiger charge is 2.22. The molecule has 14 heavy (non-hydrogen) atoms. The number of carbonyl (C=O) groups excluding carboxylic acids is 1. The van der Waals surface area contributed by atoms with Gasteiger partial charge in [0.25, 0.3) is 0 Å². The van der Waals surface area contributed by atoms with E-state index in [1.54, 1.807) is 4.90 Å². The summed E-state index contributed by atoms with van der Waals surface area (Å²) in [5.41, 5.74) is 3.49. The maximum absolute atomic E-state index is 11.5. The van der Waals surface area contributed by atoms with Crippen LogP contribution in [-0.4, -0.2) is 12.5 Å².